The Bertz CT molecular complexity index is 545. The monoisotopic (exact) mass is 422 g/mol. The molecule has 0 aliphatic carbocycles. The summed E-state index contributed by atoms with van der Waals surface area (Å²) < 4.78 is 29.6. The quantitative estimate of drug-likeness (QED) is 0.196. The molecule has 0 bridgehead atoms. The van der Waals surface area contributed by atoms with Crippen molar-refractivity contribution in [3.05, 3.63) is 0 Å². The molecule has 0 fully saturated rings. The summed E-state index contributed by atoms with van der Waals surface area (Å²) in [7, 11) is -5.02. The van der Waals surface area contributed by atoms with Crippen molar-refractivity contribution in [2.75, 3.05) is 0 Å². The second kappa shape index (κ2) is 14.8. The van der Waals surface area contributed by atoms with Crippen molar-refractivity contribution < 1.29 is 32.8 Å². The molecule has 0 spiro atoms. The molecule has 8 heteroatoms. The highest BCUT2D eigenvalue weighted by Gasteiger charge is 2.51. The molecule has 3 N–H and O–H groups in total. The Kier molecular flexibility index (Phi) is 14.2. The predicted molar refractivity (Wildman–Crippen MR) is 109 cm³/mol. The van der Waals surface area contributed by atoms with Gasteiger partial charge >= 0.3 is 11.9 Å². The first-order valence-electron chi connectivity index (χ1n) is 10.6. The first-order chi connectivity index (χ1) is 13.2. The Labute approximate surface area is 169 Å². The van der Waals surface area contributed by atoms with E-state index in [0.29, 0.717) is 6.42 Å². The largest absolute Gasteiger partial charge is 0.481 e. The number of carboxylic acid groups (broad SMARTS) is 2. The van der Waals surface area contributed by atoms with E-state index in [9.17, 15) is 27.7 Å². The smallest absolute Gasteiger partial charge is 0.328 e. The summed E-state index contributed by atoms with van der Waals surface area (Å²) in [6.45, 7) is 2.22. The third-order valence-corrected chi connectivity index (χ3v) is 6.77. The molecule has 0 saturated heterocycles. The van der Waals surface area contributed by atoms with Gasteiger partial charge in [0, 0.05) is 0 Å². The highest BCUT2D eigenvalue weighted by molar-refractivity contribution is 7.88. The Morgan fingerprint density at radius 3 is 1.36 bits per heavy atom. The number of carboxylic acids is 2. The van der Waals surface area contributed by atoms with Gasteiger partial charge in [-0.1, -0.05) is 96.8 Å². The van der Waals surface area contributed by atoms with Crippen LogP contribution in [0, 0.1) is 0 Å². The van der Waals surface area contributed by atoms with Gasteiger partial charge in [-0.05, 0) is 6.42 Å². The molecule has 0 radical (unpaired) electrons. The van der Waals surface area contributed by atoms with Gasteiger partial charge < -0.3 is 10.2 Å². The van der Waals surface area contributed by atoms with Gasteiger partial charge in [-0.15, -0.1) is 0 Å². The van der Waals surface area contributed by atoms with Crippen molar-refractivity contribution in [2.45, 2.75) is 114 Å². The van der Waals surface area contributed by atoms with Gasteiger partial charge in [-0.25, -0.2) is 0 Å². The van der Waals surface area contributed by atoms with Crippen LogP contribution in [0.4, 0.5) is 0 Å². The van der Waals surface area contributed by atoms with Gasteiger partial charge in [0.05, 0.1) is 6.42 Å². The highest BCUT2D eigenvalue weighted by atomic mass is 32.2. The minimum absolute atomic E-state index is 0.247. The summed E-state index contributed by atoms with van der Waals surface area (Å²) in [5.74, 6) is -3.38. The van der Waals surface area contributed by atoms with Crippen LogP contribution in [-0.2, 0) is 19.7 Å². The lowest BCUT2D eigenvalue weighted by Crippen LogP contribution is -2.48. The molecule has 1 unspecified atom stereocenters. The second-order valence-corrected chi connectivity index (χ2v) is 9.42. The number of unbranched alkanes of at least 4 members (excludes halogenated alkanes) is 13. The zero-order valence-electron chi connectivity index (χ0n) is 17.2. The van der Waals surface area contributed by atoms with Gasteiger partial charge in [0.1, 0.15) is 0 Å². The Hall–Kier alpha value is -1.15. The Balaban J connectivity index is 3.93. The van der Waals surface area contributed by atoms with E-state index >= 15 is 0 Å². The number of hydrogen-bond acceptors (Lipinski definition) is 4. The maximum absolute atomic E-state index is 11.5. The average Bonchev–Trinajstić information content (AvgIpc) is 2.59. The van der Waals surface area contributed by atoms with Gasteiger partial charge in [0.15, 0.2) is 0 Å². The fourth-order valence-electron chi connectivity index (χ4n) is 3.45. The third kappa shape index (κ3) is 11.0. The normalized spacial score (nSPS) is 13.9. The van der Waals surface area contributed by atoms with Crippen molar-refractivity contribution in [3.8, 4) is 0 Å². The molecular weight excluding hydrogens is 384 g/mol. The summed E-state index contributed by atoms with van der Waals surface area (Å²) in [5, 5.41) is 18.0. The molecule has 0 amide bonds. The summed E-state index contributed by atoms with van der Waals surface area (Å²) in [6.07, 6.45) is 13.8. The topological polar surface area (TPSA) is 129 Å². The van der Waals surface area contributed by atoms with Crippen LogP contribution in [0.5, 0.6) is 0 Å². The Morgan fingerprint density at radius 2 is 1.07 bits per heavy atom. The number of aliphatic carboxylic acids is 2. The van der Waals surface area contributed by atoms with Crippen molar-refractivity contribution in [1.82, 2.24) is 0 Å². The zero-order chi connectivity index (χ0) is 21.5. The van der Waals surface area contributed by atoms with Crippen LogP contribution in [0.1, 0.15) is 110 Å². The van der Waals surface area contributed by atoms with E-state index in [1.54, 1.807) is 0 Å². The van der Waals surface area contributed by atoms with Gasteiger partial charge in [0.25, 0.3) is 10.1 Å². The van der Waals surface area contributed by atoms with Crippen LogP contribution in [0.2, 0.25) is 0 Å². The van der Waals surface area contributed by atoms with Gasteiger partial charge in [0.2, 0.25) is 4.75 Å². The fraction of sp³-hybridized carbons (Fsp3) is 0.900. The molecule has 0 aliphatic rings. The molecule has 1 atom stereocenters. The molecule has 166 valence electrons. The van der Waals surface area contributed by atoms with Crippen LogP contribution in [0.3, 0.4) is 0 Å². The second-order valence-electron chi connectivity index (χ2n) is 7.69. The number of hydrogen-bond donors (Lipinski definition) is 3. The maximum atomic E-state index is 11.5. The summed E-state index contributed by atoms with van der Waals surface area (Å²) >= 11 is 0. The highest BCUT2D eigenvalue weighted by Crippen LogP contribution is 2.29. The average molecular weight is 423 g/mol. The summed E-state index contributed by atoms with van der Waals surface area (Å²) in [6, 6.07) is 0. The molecular formula is C20H38O7S. The molecule has 28 heavy (non-hydrogen) atoms. The van der Waals surface area contributed by atoms with Crippen LogP contribution in [0.15, 0.2) is 0 Å². The van der Waals surface area contributed by atoms with Crippen molar-refractivity contribution in [2.24, 2.45) is 0 Å². The fourth-order valence-corrected chi connectivity index (χ4v) is 4.38. The summed E-state index contributed by atoms with van der Waals surface area (Å²) in [4.78, 5) is 22.2. The van der Waals surface area contributed by atoms with E-state index in [0.717, 1.165) is 25.7 Å². The van der Waals surface area contributed by atoms with E-state index in [2.05, 4.69) is 6.92 Å². The molecule has 0 saturated carbocycles. The third-order valence-electron chi connectivity index (χ3n) is 5.25. The molecule has 0 aliphatic heterocycles. The van der Waals surface area contributed by atoms with Crippen LogP contribution in [-0.4, -0.2) is 39.9 Å². The van der Waals surface area contributed by atoms with E-state index in [1.807, 2.05) is 0 Å². The first kappa shape index (κ1) is 26.9. The van der Waals surface area contributed by atoms with Crippen molar-refractivity contribution in [3.63, 3.8) is 0 Å². The zero-order valence-corrected chi connectivity index (χ0v) is 18.0. The standard InChI is InChI=1S/C20H38O7S/c1-2-3-4-5-6-7-8-9-10-11-12-13-14-15-16-20(19(23)24,17-18(21)22)28(25,26)27/h2-17H2,1H3,(H,21,22)(H,23,24)(H,25,26,27). The van der Waals surface area contributed by atoms with E-state index in [4.69, 9.17) is 5.11 Å². The minimum Gasteiger partial charge on any atom is -0.481 e. The van der Waals surface area contributed by atoms with E-state index in [1.165, 1.54) is 51.4 Å². The number of carbonyl (C=O) groups is 2. The lowest BCUT2D eigenvalue weighted by atomic mass is 9.96. The van der Waals surface area contributed by atoms with E-state index in [-0.39, 0.29) is 6.42 Å². The maximum Gasteiger partial charge on any atom is 0.328 e. The molecule has 0 aromatic rings. The first-order valence-corrected chi connectivity index (χ1v) is 12.0. The number of rotatable bonds is 19. The van der Waals surface area contributed by atoms with Crippen molar-refractivity contribution >= 4 is 22.1 Å². The van der Waals surface area contributed by atoms with Gasteiger partial charge in [-0.2, -0.15) is 8.42 Å². The van der Waals surface area contributed by atoms with Gasteiger partial charge in [-0.3, -0.25) is 14.1 Å². The van der Waals surface area contributed by atoms with Crippen LogP contribution < -0.4 is 0 Å². The molecule has 0 rings (SSSR count). The Morgan fingerprint density at radius 1 is 0.714 bits per heavy atom. The SMILES string of the molecule is CCCCCCCCCCCCCCCCC(CC(=O)O)(C(=O)O)S(=O)(=O)O. The molecule has 0 heterocycles. The van der Waals surface area contributed by atoms with Crippen LogP contribution in [0.25, 0.3) is 0 Å². The van der Waals surface area contributed by atoms with Crippen LogP contribution >= 0.6 is 0 Å². The molecule has 0 aromatic heterocycles. The lowest BCUT2D eigenvalue weighted by Gasteiger charge is -2.24. The minimum atomic E-state index is -5.02. The predicted octanol–water partition coefficient (Wildman–Crippen LogP) is 5.04. The lowest BCUT2D eigenvalue weighted by molar-refractivity contribution is -0.147. The molecule has 7 nitrogen and oxygen atoms in total. The van der Waals surface area contributed by atoms with E-state index < -0.39 is 39.6 Å². The van der Waals surface area contributed by atoms with Crippen molar-refractivity contribution in [1.29, 1.82) is 0 Å². The molecule has 0 aromatic carbocycles. The summed E-state index contributed by atoms with van der Waals surface area (Å²) in [5.41, 5.74) is 0.